The third-order valence-corrected chi connectivity index (χ3v) is 2.06. The standard InChI is InChI=1S/C8H18N/c1-4-7(5-2)8(9)6-3/h7-9H,4-6H2,1-3H3. The van der Waals surface area contributed by atoms with Gasteiger partial charge in [0.05, 0.1) is 0 Å². The van der Waals surface area contributed by atoms with Gasteiger partial charge in [-0.25, -0.2) is 0 Å². The summed E-state index contributed by atoms with van der Waals surface area (Å²) in [5.41, 5.74) is 7.58. The first-order valence-corrected chi connectivity index (χ1v) is 3.97. The minimum Gasteiger partial charge on any atom is -0.254 e. The zero-order chi connectivity index (χ0) is 7.28. The van der Waals surface area contributed by atoms with Gasteiger partial charge in [-0.2, -0.15) is 0 Å². The fourth-order valence-electron chi connectivity index (χ4n) is 1.19. The summed E-state index contributed by atoms with van der Waals surface area (Å²) in [5.74, 6) is 0.634. The first-order chi connectivity index (χ1) is 4.26. The van der Waals surface area contributed by atoms with Crippen LogP contribution in [0.4, 0.5) is 0 Å². The SMILES string of the molecule is CCC([NH])C(CC)CC. The van der Waals surface area contributed by atoms with Crippen molar-refractivity contribution in [3.8, 4) is 0 Å². The zero-order valence-corrected chi connectivity index (χ0v) is 6.78. The molecule has 0 aromatic heterocycles. The van der Waals surface area contributed by atoms with E-state index in [2.05, 4.69) is 20.8 Å². The van der Waals surface area contributed by atoms with Gasteiger partial charge in [0.2, 0.25) is 0 Å². The summed E-state index contributed by atoms with van der Waals surface area (Å²) in [6.07, 6.45) is 3.34. The summed E-state index contributed by atoms with van der Waals surface area (Å²) in [4.78, 5) is 0. The van der Waals surface area contributed by atoms with Crippen molar-refractivity contribution in [3.63, 3.8) is 0 Å². The lowest BCUT2D eigenvalue weighted by Gasteiger charge is -2.17. The molecule has 1 radical (unpaired) electrons. The number of nitrogens with one attached hydrogen (secondary N) is 1. The van der Waals surface area contributed by atoms with Crippen LogP contribution in [-0.2, 0) is 0 Å². The summed E-state index contributed by atoms with van der Waals surface area (Å²) >= 11 is 0. The average Bonchev–Trinajstić information content (AvgIpc) is 1.90. The van der Waals surface area contributed by atoms with Crippen LogP contribution in [0, 0.1) is 5.92 Å². The molecular formula is C8H18N. The second kappa shape index (κ2) is 4.80. The lowest BCUT2D eigenvalue weighted by molar-refractivity contribution is 0.379. The van der Waals surface area contributed by atoms with Crippen molar-refractivity contribution >= 4 is 0 Å². The summed E-state index contributed by atoms with van der Waals surface area (Å²) in [5, 5.41) is 0. The molecule has 0 aliphatic heterocycles. The molecule has 0 saturated carbocycles. The molecule has 0 fully saturated rings. The topological polar surface area (TPSA) is 23.8 Å². The van der Waals surface area contributed by atoms with Crippen molar-refractivity contribution in [2.24, 2.45) is 5.92 Å². The third kappa shape index (κ3) is 2.85. The highest BCUT2D eigenvalue weighted by Gasteiger charge is 2.11. The van der Waals surface area contributed by atoms with Crippen LogP contribution in [0.25, 0.3) is 0 Å². The molecule has 0 spiro atoms. The molecule has 55 valence electrons. The number of hydrogen-bond acceptors (Lipinski definition) is 0. The van der Waals surface area contributed by atoms with Crippen molar-refractivity contribution in [2.75, 3.05) is 0 Å². The van der Waals surface area contributed by atoms with Gasteiger partial charge in [0.25, 0.3) is 0 Å². The number of hydrogen-bond donors (Lipinski definition) is 0. The van der Waals surface area contributed by atoms with Gasteiger partial charge in [-0.1, -0.05) is 33.6 Å². The zero-order valence-electron chi connectivity index (χ0n) is 6.78. The average molecular weight is 128 g/mol. The molecule has 1 atom stereocenters. The highest BCUT2D eigenvalue weighted by Crippen LogP contribution is 2.14. The van der Waals surface area contributed by atoms with Crippen LogP contribution in [0.5, 0.6) is 0 Å². The van der Waals surface area contributed by atoms with Crippen molar-refractivity contribution < 1.29 is 0 Å². The molecule has 0 heterocycles. The predicted molar refractivity (Wildman–Crippen MR) is 41.2 cm³/mol. The van der Waals surface area contributed by atoms with Crippen molar-refractivity contribution in [3.05, 3.63) is 0 Å². The van der Waals surface area contributed by atoms with Crippen LogP contribution in [0.15, 0.2) is 0 Å². The third-order valence-electron chi connectivity index (χ3n) is 2.06. The monoisotopic (exact) mass is 128 g/mol. The molecule has 1 unspecified atom stereocenters. The van der Waals surface area contributed by atoms with E-state index in [0.29, 0.717) is 5.92 Å². The van der Waals surface area contributed by atoms with E-state index in [9.17, 15) is 0 Å². The Bertz CT molecular complexity index is 57.6. The molecular weight excluding hydrogens is 110 g/mol. The molecule has 9 heavy (non-hydrogen) atoms. The van der Waals surface area contributed by atoms with E-state index in [1.807, 2.05) is 0 Å². The number of rotatable bonds is 4. The van der Waals surface area contributed by atoms with Gasteiger partial charge in [-0.05, 0) is 12.3 Å². The Hall–Kier alpha value is -0.0400. The maximum atomic E-state index is 7.58. The first kappa shape index (κ1) is 8.96. The van der Waals surface area contributed by atoms with E-state index >= 15 is 0 Å². The van der Waals surface area contributed by atoms with E-state index in [4.69, 9.17) is 5.73 Å². The van der Waals surface area contributed by atoms with Crippen LogP contribution < -0.4 is 5.73 Å². The van der Waals surface area contributed by atoms with Gasteiger partial charge in [0.1, 0.15) is 0 Å². The highest BCUT2D eigenvalue weighted by molar-refractivity contribution is 4.67. The largest absolute Gasteiger partial charge is 0.254 e. The van der Waals surface area contributed by atoms with E-state index in [-0.39, 0.29) is 6.04 Å². The lowest BCUT2D eigenvalue weighted by atomic mass is 9.93. The van der Waals surface area contributed by atoms with Gasteiger partial charge in [-0.15, -0.1) is 0 Å². The maximum Gasteiger partial charge on any atom is 0.0238 e. The highest BCUT2D eigenvalue weighted by atomic mass is 14.6. The molecule has 0 aromatic rings. The maximum absolute atomic E-state index is 7.58. The van der Waals surface area contributed by atoms with Gasteiger partial charge in [0.15, 0.2) is 0 Å². The van der Waals surface area contributed by atoms with E-state index in [1.54, 1.807) is 0 Å². The predicted octanol–water partition coefficient (Wildman–Crippen LogP) is 2.48. The van der Waals surface area contributed by atoms with Crippen molar-refractivity contribution in [1.29, 1.82) is 0 Å². The molecule has 0 saturated heterocycles. The fourth-order valence-corrected chi connectivity index (χ4v) is 1.19. The Morgan fingerprint density at radius 3 is 1.56 bits per heavy atom. The Balaban J connectivity index is 3.50. The molecule has 0 amide bonds. The van der Waals surface area contributed by atoms with Crippen molar-refractivity contribution in [1.82, 2.24) is 5.73 Å². The molecule has 0 bridgehead atoms. The van der Waals surface area contributed by atoms with E-state index < -0.39 is 0 Å². The minimum absolute atomic E-state index is 0.181. The second-order valence-corrected chi connectivity index (χ2v) is 2.59. The van der Waals surface area contributed by atoms with E-state index in [1.165, 1.54) is 12.8 Å². The Labute approximate surface area is 58.6 Å². The quantitative estimate of drug-likeness (QED) is 0.555. The first-order valence-electron chi connectivity index (χ1n) is 3.97. The normalized spacial score (nSPS) is 14.3. The second-order valence-electron chi connectivity index (χ2n) is 2.59. The van der Waals surface area contributed by atoms with Crippen LogP contribution >= 0.6 is 0 Å². The molecule has 0 aliphatic rings. The van der Waals surface area contributed by atoms with Crippen LogP contribution in [-0.4, -0.2) is 6.04 Å². The Morgan fingerprint density at radius 1 is 1.00 bits per heavy atom. The van der Waals surface area contributed by atoms with E-state index in [0.717, 1.165) is 6.42 Å². The molecule has 0 aliphatic carbocycles. The minimum atomic E-state index is 0.181. The fraction of sp³-hybridized carbons (Fsp3) is 1.00. The van der Waals surface area contributed by atoms with Crippen LogP contribution in [0.2, 0.25) is 0 Å². The lowest BCUT2D eigenvalue weighted by Crippen LogP contribution is -2.19. The van der Waals surface area contributed by atoms with Crippen molar-refractivity contribution in [2.45, 2.75) is 46.1 Å². The molecule has 1 heteroatoms. The smallest absolute Gasteiger partial charge is 0.0238 e. The molecule has 0 rings (SSSR count). The van der Waals surface area contributed by atoms with Gasteiger partial charge < -0.3 is 0 Å². The Morgan fingerprint density at radius 2 is 1.44 bits per heavy atom. The van der Waals surface area contributed by atoms with Crippen LogP contribution in [0.3, 0.4) is 0 Å². The van der Waals surface area contributed by atoms with Crippen LogP contribution in [0.1, 0.15) is 40.0 Å². The summed E-state index contributed by atoms with van der Waals surface area (Å²) in [7, 11) is 0. The van der Waals surface area contributed by atoms with Gasteiger partial charge >= 0.3 is 0 Å². The summed E-state index contributed by atoms with van der Waals surface area (Å²) in [6.45, 7) is 6.44. The molecule has 0 aromatic carbocycles. The van der Waals surface area contributed by atoms with Gasteiger partial charge in [-0.3, -0.25) is 5.73 Å². The molecule has 1 nitrogen and oxygen atoms in total. The summed E-state index contributed by atoms with van der Waals surface area (Å²) < 4.78 is 0. The summed E-state index contributed by atoms with van der Waals surface area (Å²) in [6, 6.07) is 0.181. The Kier molecular flexibility index (Phi) is 4.78. The van der Waals surface area contributed by atoms with Gasteiger partial charge in [0, 0.05) is 6.04 Å². The molecule has 1 N–H and O–H groups in total.